The maximum absolute atomic E-state index is 13.0. The van der Waals surface area contributed by atoms with Gasteiger partial charge in [0.2, 0.25) is 5.91 Å². The van der Waals surface area contributed by atoms with Crippen molar-refractivity contribution in [3.8, 4) is 16.9 Å². The second kappa shape index (κ2) is 12.8. The maximum atomic E-state index is 13.0. The Kier molecular flexibility index (Phi) is 9.21. The van der Waals surface area contributed by atoms with Gasteiger partial charge in [0.05, 0.1) is 12.9 Å². The Bertz CT molecular complexity index is 1510. The van der Waals surface area contributed by atoms with Crippen LogP contribution in [0.5, 0.6) is 5.75 Å². The van der Waals surface area contributed by atoms with Crippen molar-refractivity contribution in [2.45, 2.75) is 39.1 Å². The van der Waals surface area contributed by atoms with E-state index in [9.17, 15) is 9.59 Å². The third-order valence-corrected chi connectivity index (χ3v) is 7.77. The van der Waals surface area contributed by atoms with E-state index >= 15 is 0 Å². The molecule has 4 rings (SSSR count). The highest BCUT2D eigenvalue weighted by Crippen LogP contribution is 2.38. The lowest BCUT2D eigenvalue weighted by atomic mass is 9.97. The number of aryl methyl sites for hydroxylation is 3. The molecule has 2 heterocycles. The summed E-state index contributed by atoms with van der Waals surface area (Å²) in [5, 5.41) is 14.3. The molecule has 0 aliphatic rings. The summed E-state index contributed by atoms with van der Waals surface area (Å²) in [5.74, 6) is 0.674. The first-order chi connectivity index (χ1) is 18.8. The number of nitrogens with zero attached hydrogens (tertiary/aromatic N) is 3. The van der Waals surface area contributed by atoms with Gasteiger partial charge in [-0.1, -0.05) is 53.7 Å². The van der Waals surface area contributed by atoms with Gasteiger partial charge in [-0.3, -0.25) is 9.36 Å². The van der Waals surface area contributed by atoms with E-state index in [2.05, 4.69) is 22.1 Å². The molecule has 8 nitrogen and oxygen atoms in total. The fourth-order valence-corrected chi connectivity index (χ4v) is 5.70. The Morgan fingerprint density at radius 3 is 2.64 bits per heavy atom. The fraction of sp³-hybridized carbons (Fsp3) is 0.241. The number of nitrogens with one attached hydrogen (secondary N) is 1. The van der Waals surface area contributed by atoms with Crippen molar-refractivity contribution in [1.29, 1.82) is 0 Å². The molecule has 2 aromatic carbocycles. The predicted molar refractivity (Wildman–Crippen MR) is 156 cm³/mol. The molecule has 0 unspecified atom stereocenters. The standard InChI is InChI=1S/C29H30N4O4S2/c1-6-12-33-24(15-37-21-9-7-8-18(2)13-21)31-32-29(33)39-17-25(34)30-27-26(28(35)36-5)23(16-38-27)22-14-19(3)10-11-20(22)4/h6-11,13-14,16H,1,12,15,17H2,2-5H3,(H,30,34). The van der Waals surface area contributed by atoms with Crippen LogP contribution in [-0.2, 0) is 22.7 Å². The predicted octanol–water partition coefficient (Wildman–Crippen LogP) is 6.21. The minimum atomic E-state index is -0.501. The zero-order chi connectivity index (χ0) is 27.9. The summed E-state index contributed by atoms with van der Waals surface area (Å²) in [6.07, 6.45) is 1.74. The van der Waals surface area contributed by atoms with E-state index in [1.807, 2.05) is 73.2 Å². The van der Waals surface area contributed by atoms with Crippen molar-refractivity contribution in [2.24, 2.45) is 0 Å². The Morgan fingerprint density at radius 2 is 1.90 bits per heavy atom. The number of thioether (sulfide) groups is 1. The number of carbonyl (C=O) groups is 2. The number of hydrogen-bond donors (Lipinski definition) is 1. The van der Waals surface area contributed by atoms with Crippen molar-refractivity contribution in [1.82, 2.24) is 14.8 Å². The largest absolute Gasteiger partial charge is 0.486 e. The number of benzene rings is 2. The molecular weight excluding hydrogens is 532 g/mol. The lowest BCUT2D eigenvalue weighted by Gasteiger charge is -2.11. The van der Waals surface area contributed by atoms with Crippen LogP contribution in [0.1, 0.15) is 32.9 Å². The molecule has 0 saturated heterocycles. The van der Waals surface area contributed by atoms with Gasteiger partial charge in [-0.15, -0.1) is 28.1 Å². The Hall–Kier alpha value is -3.89. The van der Waals surface area contributed by atoms with E-state index in [-0.39, 0.29) is 18.3 Å². The minimum Gasteiger partial charge on any atom is -0.486 e. The van der Waals surface area contributed by atoms with E-state index in [1.165, 1.54) is 30.2 Å². The SMILES string of the molecule is C=CCn1c(COc2cccc(C)c2)nnc1SCC(=O)Nc1scc(-c2cc(C)ccc2C)c1C(=O)OC. The van der Waals surface area contributed by atoms with E-state index in [1.54, 1.807) is 6.08 Å². The summed E-state index contributed by atoms with van der Waals surface area (Å²) in [4.78, 5) is 25.7. The van der Waals surface area contributed by atoms with Gasteiger partial charge in [-0.05, 0) is 49.6 Å². The van der Waals surface area contributed by atoms with Crippen LogP contribution in [0.3, 0.4) is 0 Å². The minimum absolute atomic E-state index is 0.0747. The van der Waals surface area contributed by atoms with Crippen LogP contribution in [0.15, 0.2) is 65.7 Å². The van der Waals surface area contributed by atoms with Gasteiger partial charge in [0, 0.05) is 17.5 Å². The number of anilines is 1. The number of aromatic nitrogens is 3. The fourth-order valence-electron chi connectivity index (χ4n) is 3.97. The molecular formula is C29H30N4O4S2. The zero-order valence-electron chi connectivity index (χ0n) is 22.3. The molecule has 2 aromatic heterocycles. The number of esters is 1. The highest BCUT2D eigenvalue weighted by Gasteiger charge is 2.24. The highest BCUT2D eigenvalue weighted by molar-refractivity contribution is 7.99. The van der Waals surface area contributed by atoms with E-state index < -0.39 is 5.97 Å². The molecule has 1 amide bonds. The smallest absolute Gasteiger partial charge is 0.341 e. The van der Waals surface area contributed by atoms with E-state index in [0.717, 1.165) is 33.6 Å². The third-order valence-electron chi connectivity index (χ3n) is 5.91. The molecule has 0 saturated carbocycles. The first-order valence-electron chi connectivity index (χ1n) is 12.2. The molecule has 1 N–H and O–H groups in total. The zero-order valence-corrected chi connectivity index (χ0v) is 23.9. The number of thiophene rings is 1. The third kappa shape index (κ3) is 6.76. The number of allylic oxidation sites excluding steroid dienone is 1. The topological polar surface area (TPSA) is 95.3 Å². The molecule has 0 fully saturated rings. The molecule has 10 heteroatoms. The molecule has 0 aliphatic heterocycles. The Labute approximate surface area is 236 Å². The van der Waals surface area contributed by atoms with Crippen LogP contribution in [0.2, 0.25) is 0 Å². The number of carbonyl (C=O) groups excluding carboxylic acids is 2. The number of amides is 1. The van der Waals surface area contributed by atoms with Gasteiger partial charge < -0.3 is 14.8 Å². The summed E-state index contributed by atoms with van der Waals surface area (Å²) < 4.78 is 12.8. The van der Waals surface area contributed by atoms with Crippen molar-refractivity contribution < 1.29 is 19.1 Å². The van der Waals surface area contributed by atoms with Crippen LogP contribution in [0.4, 0.5) is 5.00 Å². The van der Waals surface area contributed by atoms with Gasteiger partial charge in [0.1, 0.15) is 22.9 Å². The van der Waals surface area contributed by atoms with Crippen LogP contribution in [-0.4, -0.2) is 39.5 Å². The number of rotatable bonds is 11. The average molecular weight is 563 g/mol. The average Bonchev–Trinajstić information content (AvgIpc) is 3.51. The van der Waals surface area contributed by atoms with Crippen LogP contribution in [0, 0.1) is 20.8 Å². The second-order valence-corrected chi connectivity index (χ2v) is 10.7. The molecule has 4 aromatic rings. The van der Waals surface area contributed by atoms with Crippen molar-refractivity contribution in [2.75, 3.05) is 18.2 Å². The normalized spacial score (nSPS) is 10.8. The molecule has 202 valence electrons. The highest BCUT2D eigenvalue weighted by atomic mass is 32.2. The molecule has 0 bridgehead atoms. The van der Waals surface area contributed by atoms with Crippen molar-refractivity contribution in [3.05, 3.63) is 88.6 Å². The van der Waals surface area contributed by atoms with Gasteiger partial charge in [-0.2, -0.15) is 0 Å². The van der Waals surface area contributed by atoms with Gasteiger partial charge in [0.15, 0.2) is 11.0 Å². The number of ether oxygens (including phenoxy) is 2. The number of methoxy groups -OCH3 is 1. The number of hydrogen-bond acceptors (Lipinski definition) is 8. The van der Waals surface area contributed by atoms with Crippen LogP contribution < -0.4 is 10.1 Å². The molecule has 0 radical (unpaired) electrons. The Balaban J connectivity index is 1.47. The first-order valence-corrected chi connectivity index (χ1v) is 14.1. The molecule has 0 atom stereocenters. The van der Waals surface area contributed by atoms with Crippen LogP contribution in [0.25, 0.3) is 11.1 Å². The quantitative estimate of drug-likeness (QED) is 0.132. The molecule has 0 aliphatic carbocycles. The summed E-state index contributed by atoms with van der Waals surface area (Å²) in [6.45, 7) is 10.5. The lowest BCUT2D eigenvalue weighted by Crippen LogP contribution is -2.16. The molecule has 39 heavy (non-hydrogen) atoms. The van der Waals surface area contributed by atoms with E-state index in [0.29, 0.717) is 28.1 Å². The van der Waals surface area contributed by atoms with Crippen LogP contribution >= 0.6 is 23.1 Å². The monoisotopic (exact) mass is 562 g/mol. The van der Waals surface area contributed by atoms with Gasteiger partial charge in [-0.25, -0.2) is 4.79 Å². The molecule has 0 spiro atoms. The maximum Gasteiger partial charge on any atom is 0.341 e. The Morgan fingerprint density at radius 1 is 1.10 bits per heavy atom. The summed E-state index contributed by atoms with van der Waals surface area (Å²) in [7, 11) is 1.33. The summed E-state index contributed by atoms with van der Waals surface area (Å²) in [5.41, 5.74) is 5.22. The van der Waals surface area contributed by atoms with E-state index in [4.69, 9.17) is 9.47 Å². The summed E-state index contributed by atoms with van der Waals surface area (Å²) in [6, 6.07) is 13.8. The van der Waals surface area contributed by atoms with Crippen molar-refractivity contribution >= 4 is 40.0 Å². The van der Waals surface area contributed by atoms with Gasteiger partial charge >= 0.3 is 5.97 Å². The second-order valence-electron chi connectivity index (χ2n) is 8.90. The van der Waals surface area contributed by atoms with Crippen molar-refractivity contribution in [3.63, 3.8) is 0 Å². The summed E-state index contributed by atoms with van der Waals surface area (Å²) >= 11 is 2.54. The van der Waals surface area contributed by atoms with Gasteiger partial charge in [0.25, 0.3) is 0 Å². The first kappa shape index (κ1) is 28.1. The lowest BCUT2D eigenvalue weighted by molar-refractivity contribution is -0.113.